The number of rotatable bonds is 5. The van der Waals surface area contributed by atoms with Crippen molar-refractivity contribution in [3.8, 4) is 17.5 Å². The topological polar surface area (TPSA) is 93.4 Å². The number of aromatic nitrogens is 5. The minimum atomic E-state index is -0.298. The van der Waals surface area contributed by atoms with Crippen LogP contribution in [0.2, 0.25) is 0 Å². The minimum absolute atomic E-state index is 0.145. The monoisotopic (exact) mass is 312 g/mol. The maximum atomic E-state index is 13.6. The first-order chi connectivity index (χ1) is 11.2. The standard InChI is InChI=1S/C15H13FN6O/c1-10-4-5-11(7-12(10)16)15-19-14(23-21-15)3-2-6-22-9-18-13(8-17)20-22/h4-5,7,9H,2-3,6H2,1H3. The van der Waals surface area contributed by atoms with Gasteiger partial charge in [0.2, 0.25) is 11.7 Å². The largest absolute Gasteiger partial charge is 0.339 e. The third-order valence-corrected chi connectivity index (χ3v) is 3.31. The number of hydrogen-bond donors (Lipinski definition) is 0. The van der Waals surface area contributed by atoms with Crippen LogP contribution in [0.25, 0.3) is 11.4 Å². The normalized spacial score (nSPS) is 10.7. The molecular formula is C15H13FN6O. The molecule has 0 unspecified atom stereocenters. The van der Waals surface area contributed by atoms with E-state index in [0.29, 0.717) is 42.2 Å². The van der Waals surface area contributed by atoms with Gasteiger partial charge < -0.3 is 4.52 Å². The fourth-order valence-electron chi connectivity index (χ4n) is 2.05. The lowest BCUT2D eigenvalue weighted by Crippen LogP contribution is -2.00. The first kappa shape index (κ1) is 14.8. The van der Waals surface area contributed by atoms with Gasteiger partial charge in [0.15, 0.2) is 0 Å². The summed E-state index contributed by atoms with van der Waals surface area (Å²) in [6.07, 6.45) is 2.77. The van der Waals surface area contributed by atoms with Crippen LogP contribution < -0.4 is 0 Å². The van der Waals surface area contributed by atoms with Gasteiger partial charge in [0.05, 0.1) is 0 Å². The summed E-state index contributed by atoms with van der Waals surface area (Å²) in [6, 6.07) is 6.70. The summed E-state index contributed by atoms with van der Waals surface area (Å²) in [5, 5.41) is 16.5. The zero-order valence-corrected chi connectivity index (χ0v) is 12.4. The van der Waals surface area contributed by atoms with E-state index in [0.717, 1.165) is 0 Å². The van der Waals surface area contributed by atoms with E-state index < -0.39 is 0 Å². The molecule has 116 valence electrons. The lowest BCUT2D eigenvalue weighted by Gasteiger charge is -1.98. The summed E-state index contributed by atoms with van der Waals surface area (Å²) in [5.74, 6) is 0.688. The Morgan fingerprint density at radius 3 is 3.00 bits per heavy atom. The number of benzene rings is 1. The van der Waals surface area contributed by atoms with Crippen LogP contribution in [0.3, 0.4) is 0 Å². The summed E-state index contributed by atoms with van der Waals surface area (Å²) in [6.45, 7) is 2.29. The van der Waals surface area contributed by atoms with Crippen LogP contribution in [-0.2, 0) is 13.0 Å². The molecule has 0 saturated carbocycles. The number of aryl methyl sites for hydroxylation is 3. The van der Waals surface area contributed by atoms with E-state index in [4.69, 9.17) is 9.78 Å². The molecular weight excluding hydrogens is 299 g/mol. The molecule has 0 aliphatic carbocycles. The predicted molar refractivity (Wildman–Crippen MR) is 77.5 cm³/mol. The van der Waals surface area contributed by atoms with Crippen molar-refractivity contribution in [2.45, 2.75) is 26.3 Å². The second kappa shape index (κ2) is 6.36. The second-order valence-electron chi connectivity index (χ2n) is 5.02. The molecule has 0 aliphatic heterocycles. The molecule has 0 bridgehead atoms. The smallest absolute Gasteiger partial charge is 0.252 e. The highest BCUT2D eigenvalue weighted by molar-refractivity contribution is 5.54. The van der Waals surface area contributed by atoms with Crippen molar-refractivity contribution in [3.05, 3.63) is 47.6 Å². The first-order valence-electron chi connectivity index (χ1n) is 7.04. The van der Waals surface area contributed by atoms with Crippen LogP contribution in [0.15, 0.2) is 29.0 Å². The Morgan fingerprint density at radius 2 is 2.26 bits per heavy atom. The average molecular weight is 312 g/mol. The first-order valence-corrected chi connectivity index (χ1v) is 7.04. The lowest BCUT2D eigenvalue weighted by molar-refractivity contribution is 0.371. The summed E-state index contributed by atoms with van der Waals surface area (Å²) < 4.78 is 20.3. The van der Waals surface area contributed by atoms with Gasteiger partial charge in [-0.3, -0.25) is 4.68 Å². The third-order valence-electron chi connectivity index (χ3n) is 3.31. The maximum absolute atomic E-state index is 13.6. The summed E-state index contributed by atoms with van der Waals surface area (Å²) in [7, 11) is 0. The van der Waals surface area contributed by atoms with Gasteiger partial charge in [-0.25, -0.2) is 9.37 Å². The van der Waals surface area contributed by atoms with Crippen LogP contribution in [0, 0.1) is 24.1 Å². The van der Waals surface area contributed by atoms with Gasteiger partial charge in [0.1, 0.15) is 18.2 Å². The van der Waals surface area contributed by atoms with E-state index in [1.165, 1.54) is 12.4 Å². The highest BCUT2D eigenvalue weighted by Gasteiger charge is 2.10. The fraction of sp³-hybridized carbons (Fsp3) is 0.267. The summed E-state index contributed by atoms with van der Waals surface area (Å²) >= 11 is 0. The van der Waals surface area contributed by atoms with E-state index in [-0.39, 0.29) is 11.6 Å². The molecule has 7 nitrogen and oxygen atoms in total. The van der Waals surface area contributed by atoms with Crippen molar-refractivity contribution in [3.63, 3.8) is 0 Å². The highest BCUT2D eigenvalue weighted by atomic mass is 19.1. The molecule has 8 heteroatoms. The molecule has 3 rings (SSSR count). The van der Waals surface area contributed by atoms with Crippen molar-refractivity contribution < 1.29 is 8.91 Å². The van der Waals surface area contributed by atoms with E-state index >= 15 is 0 Å². The molecule has 3 aromatic rings. The van der Waals surface area contributed by atoms with Gasteiger partial charge in [-0.2, -0.15) is 10.2 Å². The van der Waals surface area contributed by atoms with Crippen LogP contribution >= 0.6 is 0 Å². The molecule has 0 aliphatic rings. The SMILES string of the molecule is Cc1ccc(-c2noc(CCCn3cnc(C#N)n3)n2)cc1F. The molecule has 0 atom stereocenters. The highest BCUT2D eigenvalue weighted by Crippen LogP contribution is 2.19. The quantitative estimate of drug-likeness (QED) is 0.717. The Balaban J connectivity index is 1.61. The van der Waals surface area contributed by atoms with Gasteiger partial charge in [-0.1, -0.05) is 17.3 Å². The van der Waals surface area contributed by atoms with Gasteiger partial charge in [0, 0.05) is 18.5 Å². The van der Waals surface area contributed by atoms with E-state index in [2.05, 4.69) is 20.2 Å². The third kappa shape index (κ3) is 3.40. The zero-order chi connectivity index (χ0) is 16.2. The van der Waals surface area contributed by atoms with Crippen molar-refractivity contribution in [2.24, 2.45) is 0 Å². The van der Waals surface area contributed by atoms with E-state index in [1.54, 1.807) is 23.7 Å². The fourth-order valence-corrected chi connectivity index (χ4v) is 2.05. The number of nitrogens with zero attached hydrogens (tertiary/aromatic N) is 6. The number of hydrogen-bond acceptors (Lipinski definition) is 6. The second-order valence-corrected chi connectivity index (χ2v) is 5.02. The summed E-state index contributed by atoms with van der Waals surface area (Å²) in [5.41, 5.74) is 1.15. The van der Waals surface area contributed by atoms with Crippen molar-refractivity contribution in [1.82, 2.24) is 24.9 Å². The average Bonchev–Trinajstić information content (AvgIpc) is 3.19. The van der Waals surface area contributed by atoms with Crippen molar-refractivity contribution in [1.29, 1.82) is 5.26 Å². The zero-order valence-electron chi connectivity index (χ0n) is 12.4. The predicted octanol–water partition coefficient (Wildman–Crippen LogP) is 2.28. The molecule has 2 aromatic heterocycles. The molecule has 0 spiro atoms. The van der Waals surface area contributed by atoms with E-state index in [1.807, 2.05) is 6.07 Å². The molecule has 23 heavy (non-hydrogen) atoms. The lowest BCUT2D eigenvalue weighted by atomic mass is 10.1. The Labute approximate surface area is 131 Å². The van der Waals surface area contributed by atoms with Crippen molar-refractivity contribution in [2.75, 3.05) is 0 Å². The maximum Gasteiger partial charge on any atom is 0.252 e. The molecule has 0 fully saturated rings. The molecule has 1 aromatic carbocycles. The van der Waals surface area contributed by atoms with Crippen molar-refractivity contribution >= 4 is 0 Å². The summed E-state index contributed by atoms with van der Waals surface area (Å²) in [4.78, 5) is 8.09. The Kier molecular flexibility index (Phi) is 4.10. The van der Waals surface area contributed by atoms with E-state index in [9.17, 15) is 4.39 Å². The van der Waals surface area contributed by atoms with Gasteiger partial charge in [0.25, 0.3) is 5.82 Å². The Morgan fingerprint density at radius 1 is 1.39 bits per heavy atom. The van der Waals surface area contributed by atoms with Crippen LogP contribution in [0.5, 0.6) is 0 Å². The molecule has 0 amide bonds. The number of nitriles is 1. The minimum Gasteiger partial charge on any atom is -0.339 e. The van der Waals surface area contributed by atoms with Gasteiger partial charge in [-0.05, 0) is 25.0 Å². The molecule has 2 heterocycles. The molecule has 0 saturated heterocycles. The molecule has 0 radical (unpaired) electrons. The van der Waals surface area contributed by atoms with Gasteiger partial charge >= 0.3 is 0 Å². The van der Waals surface area contributed by atoms with Crippen LogP contribution in [0.1, 0.15) is 23.7 Å². The Bertz CT molecular complexity index is 863. The number of halogens is 1. The van der Waals surface area contributed by atoms with Gasteiger partial charge in [-0.15, -0.1) is 5.10 Å². The van der Waals surface area contributed by atoms with Crippen LogP contribution in [0.4, 0.5) is 4.39 Å². The Hall–Kier alpha value is -3.08. The molecule has 0 N–H and O–H groups in total. The van der Waals surface area contributed by atoms with Crippen LogP contribution in [-0.4, -0.2) is 24.9 Å².